The highest BCUT2D eigenvalue weighted by Crippen LogP contribution is 2.19. The van der Waals surface area contributed by atoms with E-state index in [0.29, 0.717) is 57.4 Å². The molecule has 1 aromatic carbocycles. The Balaban J connectivity index is 2.07. The van der Waals surface area contributed by atoms with Crippen molar-refractivity contribution in [1.29, 1.82) is 0 Å². The Bertz CT molecular complexity index is 613. The van der Waals surface area contributed by atoms with Crippen LogP contribution < -0.4 is 9.47 Å². The van der Waals surface area contributed by atoms with Crippen LogP contribution in [0.4, 0.5) is 0 Å². The summed E-state index contributed by atoms with van der Waals surface area (Å²) in [7, 11) is 0. The lowest BCUT2D eigenvalue weighted by atomic mass is 10.3. The van der Waals surface area contributed by atoms with Gasteiger partial charge < -0.3 is 23.7 Å². The first-order valence-electron chi connectivity index (χ1n) is 9.17. The van der Waals surface area contributed by atoms with Gasteiger partial charge in [-0.15, -0.1) is 0 Å². The summed E-state index contributed by atoms with van der Waals surface area (Å²) < 4.78 is 26.4. The molecule has 0 aliphatic heterocycles. The first-order valence-corrected chi connectivity index (χ1v) is 9.17. The number of hydrogen-bond acceptors (Lipinski definition) is 7. The molecule has 0 saturated carbocycles. The Labute approximate surface area is 165 Å². The molecule has 7 nitrogen and oxygen atoms in total. The smallest absolute Gasteiger partial charge is 0.330 e. The van der Waals surface area contributed by atoms with E-state index < -0.39 is 11.9 Å². The number of benzene rings is 1. The first-order chi connectivity index (χ1) is 13.7. The van der Waals surface area contributed by atoms with E-state index in [1.54, 1.807) is 0 Å². The predicted molar refractivity (Wildman–Crippen MR) is 104 cm³/mol. The van der Waals surface area contributed by atoms with E-state index in [1.165, 1.54) is 0 Å². The maximum Gasteiger partial charge on any atom is 0.330 e. The minimum atomic E-state index is -0.435. The zero-order valence-electron chi connectivity index (χ0n) is 16.1. The van der Waals surface area contributed by atoms with Crippen molar-refractivity contribution in [1.82, 2.24) is 0 Å². The van der Waals surface area contributed by atoms with Crippen molar-refractivity contribution in [2.45, 2.75) is 19.3 Å². The summed E-state index contributed by atoms with van der Waals surface area (Å²) in [5, 5.41) is 0. The molecule has 0 bridgehead atoms. The van der Waals surface area contributed by atoms with Gasteiger partial charge in [-0.1, -0.05) is 19.2 Å². The number of esters is 2. The van der Waals surface area contributed by atoms with Crippen molar-refractivity contribution in [3.05, 3.63) is 49.6 Å². The average Bonchev–Trinajstić information content (AvgIpc) is 2.72. The molecule has 7 heteroatoms. The molecule has 0 amide bonds. The van der Waals surface area contributed by atoms with E-state index in [1.807, 2.05) is 24.3 Å². The second-order valence-corrected chi connectivity index (χ2v) is 5.59. The Morgan fingerprint density at radius 1 is 0.750 bits per heavy atom. The van der Waals surface area contributed by atoms with Crippen molar-refractivity contribution in [3.63, 3.8) is 0 Å². The molecule has 0 radical (unpaired) electrons. The van der Waals surface area contributed by atoms with Crippen LogP contribution in [0.25, 0.3) is 0 Å². The Morgan fingerprint density at radius 3 is 1.71 bits per heavy atom. The fraction of sp³-hybridized carbons (Fsp3) is 0.429. The molecule has 0 unspecified atom stereocenters. The van der Waals surface area contributed by atoms with E-state index >= 15 is 0 Å². The molecule has 1 rings (SSSR count). The first kappa shape index (κ1) is 23.2. The summed E-state index contributed by atoms with van der Waals surface area (Å²) in [5.41, 5.74) is 0. The molecule has 0 heterocycles. The van der Waals surface area contributed by atoms with Crippen molar-refractivity contribution < 1.29 is 33.3 Å². The van der Waals surface area contributed by atoms with Crippen LogP contribution in [-0.2, 0) is 23.8 Å². The highest BCUT2D eigenvalue weighted by molar-refractivity contribution is 5.81. The Morgan fingerprint density at radius 2 is 1.21 bits per heavy atom. The van der Waals surface area contributed by atoms with Crippen LogP contribution in [0.2, 0.25) is 0 Å². The third-order valence-electron chi connectivity index (χ3n) is 3.32. The van der Waals surface area contributed by atoms with E-state index in [0.717, 1.165) is 18.6 Å². The molecule has 0 saturated heterocycles. The minimum absolute atomic E-state index is 0.289. The van der Waals surface area contributed by atoms with Crippen LogP contribution in [0, 0.1) is 0 Å². The summed E-state index contributed by atoms with van der Waals surface area (Å²) >= 11 is 0. The highest BCUT2D eigenvalue weighted by atomic mass is 16.5. The maximum absolute atomic E-state index is 10.9. The summed E-state index contributed by atoms with van der Waals surface area (Å²) in [6.07, 6.45) is 4.25. The lowest BCUT2D eigenvalue weighted by Crippen LogP contribution is -2.08. The number of ether oxygens (including phenoxy) is 5. The summed E-state index contributed by atoms with van der Waals surface area (Å²) in [6.45, 7) is 9.31. The molecule has 0 aliphatic carbocycles. The monoisotopic (exact) mass is 392 g/mol. The molecule has 0 N–H and O–H groups in total. The lowest BCUT2D eigenvalue weighted by molar-refractivity contribution is -0.139. The third kappa shape index (κ3) is 11.7. The lowest BCUT2D eigenvalue weighted by Gasteiger charge is -2.10. The van der Waals surface area contributed by atoms with Gasteiger partial charge in [0.1, 0.15) is 11.5 Å². The van der Waals surface area contributed by atoms with Gasteiger partial charge in [-0.2, -0.15) is 0 Å². The maximum atomic E-state index is 10.9. The second-order valence-electron chi connectivity index (χ2n) is 5.59. The van der Waals surface area contributed by atoms with Crippen molar-refractivity contribution in [2.24, 2.45) is 0 Å². The number of carbonyl (C=O) groups excluding carboxylic acids is 2. The average molecular weight is 392 g/mol. The van der Waals surface area contributed by atoms with E-state index in [2.05, 4.69) is 13.2 Å². The molecular formula is C21H28O7. The van der Waals surface area contributed by atoms with Gasteiger partial charge >= 0.3 is 11.9 Å². The van der Waals surface area contributed by atoms with Crippen molar-refractivity contribution >= 4 is 11.9 Å². The van der Waals surface area contributed by atoms with Gasteiger partial charge in [0.15, 0.2) is 0 Å². The number of rotatable bonds is 16. The molecule has 0 aromatic heterocycles. The van der Waals surface area contributed by atoms with Crippen LogP contribution >= 0.6 is 0 Å². The number of hydrogen-bond donors (Lipinski definition) is 0. The molecular weight excluding hydrogens is 364 g/mol. The van der Waals surface area contributed by atoms with Gasteiger partial charge in [0, 0.05) is 50.7 Å². The van der Waals surface area contributed by atoms with E-state index in [4.69, 9.17) is 23.7 Å². The van der Waals surface area contributed by atoms with Crippen LogP contribution in [-0.4, -0.2) is 51.6 Å². The van der Waals surface area contributed by atoms with Gasteiger partial charge in [0.05, 0.1) is 26.4 Å². The van der Waals surface area contributed by atoms with Crippen LogP contribution in [0.1, 0.15) is 19.3 Å². The van der Waals surface area contributed by atoms with E-state index in [-0.39, 0.29) is 6.61 Å². The second kappa shape index (κ2) is 15.3. The standard InChI is InChI=1S/C21H28O7/c1-3-20(22)27-15-7-12-24-11-6-13-25-18-9-5-10-19(17-18)26-14-8-16-28-21(23)4-2/h3-5,9-10,17H,1-2,6-8,11-16H2. The van der Waals surface area contributed by atoms with Gasteiger partial charge in [-0.25, -0.2) is 9.59 Å². The molecule has 0 fully saturated rings. The molecule has 1 aromatic rings. The fourth-order valence-electron chi connectivity index (χ4n) is 1.98. The Kier molecular flexibility index (Phi) is 12.7. The topological polar surface area (TPSA) is 80.3 Å². The normalized spacial score (nSPS) is 10.0. The quantitative estimate of drug-likeness (QED) is 0.243. The summed E-state index contributed by atoms with van der Waals surface area (Å²) in [5.74, 6) is 0.552. The molecule has 28 heavy (non-hydrogen) atoms. The van der Waals surface area contributed by atoms with Crippen LogP contribution in [0.5, 0.6) is 11.5 Å². The molecule has 0 aliphatic rings. The largest absolute Gasteiger partial charge is 0.493 e. The molecule has 0 atom stereocenters. The molecule has 0 spiro atoms. The van der Waals surface area contributed by atoms with E-state index in [9.17, 15) is 9.59 Å². The van der Waals surface area contributed by atoms with Gasteiger partial charge in [0.2, 0.25) is 0 Å². The van der Waals surface area contributed by atoms with Crippen LogP contribution in [0.15, 0.2) is 49.6 Å². The van der Waals surface area contributed by atoms with Gasteiger partial charge in [-0.3, -0.25) is 0 Å². The fourth-order valence-corrected chi connectivity index (χ4v) is 1.98. The van der Waals surface area contributed by atoms with Crippen molar-refractivity contribution in [2.75, 3.05) is 39.6 Å². The van der Waals surface area contributed by atoms with Gasteiger partial charge in [0.25, 0.3) is 0 Å². The zero-order valence-corrected chi connectivity index (χ0v) is 16.1. The highest BCUT2D eigenvalue weighted by Gasteiger charge is 2.00. The Hall–Kier alpha value is -2.80. The summed E-state index contributed by atoms with van der Waals surface area (Å²) in [6, 6.07) is 7.35. The summed E-state index contributed by atoms with van der Waals surface area (Å²) in [4.78, 5) is 21.8. The SMILES string of the molecule is C=CC(=O)OCCCOCCCOc1cccc(OCCCOC(=O)C=C)c1. The van der Waals surface area contributed by atoms with Crippen LogP contribution in [0.3, 0.4) is 0 Å². The van der Waals surface area contributed by atoms with Gasteiger partial charge in [-0.05, 0) is 12.1 Å². The minimum Gasteiger partial charge on any atom is -0.493 e. The molecule has 154 valence electrons. The van der Waals surface area contributed by atoms with Crippen molar-refractivity contribution in [3.8, 4) is 11.5 Å². The zero-order chi connectivity index (χ0) is 20.5. The third-order valence-corrected chi connectivity index (χ3v) is 3.32. The number of carbonyl (C=O) groups is 2. The predicted octanol–water partition coefficient (Wildman–Crippen LogP) is 3.09.